The van der Waals surface area contributed by atoms with Gasteiger partial charge in [-0.25, -0.2) is 0 Å². The molecule has 0 radical (unpaired) electrons. The minimum absolute atomic E-state index is 0. The van der Waals surface area contributed by atoms with Crippen LogP contribution in [0.15, 0.2) is 0 Å². The topological polar surface area (TPSA) is 0 Å². The van der Waals surface area contributed by atoms with Gasteiger partial charge in [0.05, 0.1) is 0 Å². The molecule has 0 fully saturated rings. The first kappa shape index (κ1) is 48.4. The molecule has 0 saturated heterocycles. The maximum Gasteiger partial charge on any atom is 2.00 e. The van der Waals surface area contributed by atoms with Gasteiger partial charge in [-0.2, -0.15) is 0 Å². The molecule has 0 aliphatic carbocycles. The largest absolute Gasteiger partial charge is 2.00 e. The fourth-order valence-corrected chi connectivity index (χ4v) is 0. The molecule has 0 spiro atoms. The Morgan fingerprint density at radius 3 is 0.833 bits per heavy atom. The molecule has 0 nitrogen and oxygen atoms in total. The average molecular weight is 200 g/mol. The zero-order valence-electron chi connectivity index (χ0n) is 7.93. The Morgan fingerprint density at radius 1 is 0.833 bits per heavy atom. The van der Waals surface area contributed by atoms with Gasteiger partial charge in [-0.15, -0.1) is 37.2 Å². The van der Waals surface area contributed by atoms with Gasteiger partial charge in [0, 0.05) is 0 Å². The summed E-state index contributed by atoms with van der Waals surface area (Å²) in [5.74, 6) is 0. The Morgan fingerprint density at radius 2 is 0.833 bits per heavy atom. The number of hydrogen-bond donors (Lipinski definition) is 0. The molecule has 32 valence electrons. The van der Waals surface area contributed by atoms with E-state index in [1.165, 1.54) is 0 Å². The number of halogens is 3. The van der Waals surface area contributed by atoms with Gasteiger partial charge in [-0.1, -0.05) is 0 Å². The molecule has 0 amide bonds. The Kier molecular flexibility index (Phi) is 280. The van der Waals surface area contributed by atoms with Gasteiger partial charge in [0.25, 0.3) is 0 Å². The van der Waals surface area contributed by atoms with Gasteiger partial charge in [-0.3, -0.25) is 0 Å². The molecular weight excluding hydrogens is 193 g/mol. The van der Waals surface area contributed by atoms with Gasteiger partial charge < -0.3 is 5.71 Å². The van der Waals surface area contributed by atoms with Crippen molar-refractivity contribution in [2.24, 2.45) is 0 Å². The summed E-state index contributed by atoms with van der Waals surface area (Å²) in [7, 11) is 0. The maximum absolute atomic E-state index is 0. The van der Waals surface area contributed by atoms with E-state index in [1.807, 2.05) is 0 Å². The Hall–Kier alpha value is 4.27. The van der Waals surface area contributed by atoms with Crippen LogP contribution in [-0.4, -0.2) is 23.1 Å². The second kappa shape index (κ2) is 34.8. The molecule has 0 bridgehead atoms. The summed E-state index contributed by atoms with van der Waals surface area (Å²) in [5, 5.41) is 0. The van der Waals surface area contributed by atoms with Crippen molar-refractivity contribution in [2.75, 3.05) is 0 Å². The normalized spacial score (nSPS) is 0. The van der Waals surface area contributed by atoms with Crippen molar-refractivity contribution in [1.82, 2.24) is 0 Å². The minimum atomic E-state index is 0. The van der Waals surface area contributed by atoms with Gasteiger partial charge in [0.2, 0.25) is 0 Å². The van der Waals surface area contributed by atoms with Gasteiger partial charge in [0.15, 0.2) is 0 Å². The molecule has 0 atom stereocenters. The molecule has 0 N–H and O–H groups in total. The molecule has 0 aliphatic heterocycles. The minimum Gasteiger partial charge on any atom is -1.00 e. The molecule has 0 aromatic rings. The summed E-state index contributed by atoms with van der Waals surface area (Å²) in [6.07, 6.45) is 0. The van der Waals surface area contributed by atoms with Crippen molar-refractivity contribution in [3.8, 4) is 0 Å². The maximum atomic E-state index is 0. The summed E-state index contributed by atoms with van der Waals surface area (Å²) >= 11 is 0. The van der Waals surface area contributed by atoms with Crippen molar-refractivity contribution in [1.29, 1.82) is 0 Å². The zero-order valence-corrected chi connectivity index (χ0v) is 12.9. The Bertz CT molecular complexity index is 20.5. The van der Waals surface area contributed by atoms with Crippen LogP contribution < -0.4 is 80.9 Å². The standard InChI is InChI=1S/3ClH.K.Mg.Na.4H/h3*1H;;;;;;;/q;;;+1;+2;+1;4*-1. The summed E-state index contributed by atoms with van der Waals surface area (Å²) in [6, 6.07) is 0. The van der Waals surface area contributed by atoms with E-state index in [0.717, 1.165) is 0 Å². The molecule has 0 heterocycles. The van der Waals surface area contributed by atoms with Crippen LogP contribution in [0, 0.1) is 0 Å². The molecule has 0 rings (SSSR count). The molecule has 0 aliphatic rings. The molecule has 0 saturated carbocycles. The first-order valence-electron chi connectivity index (χ1n) is 0. The smallest absolute Gasteiger partial charge is 1.00 e. The van der Waals surface area contributed by atoms with Gasteiger partial charge >= 0.3 is 104 Å². The Balaban J connectivity index is 0. The third-order valence-electron chi connectivity index (χ3n) is 0. The summed E-state index contributed by atoms with van der Waals surface area (Å²) < 4.78 is 0. The fraction of sp³-hybridized carbons (Fsp3) is 0. The summed E-state index contributed by atoms with van der Waals surface area (Å²) in [5.41, 5.74) is 0. The van der Waals surface area contributed by atoms with Crippen LogP contribution in [0.25, 0.3) is 0 Å². The average Bonchev–Trinajstić information content (AvgIpc) is 0. The van der Waals surface area contributed by atoms with E-state index in [1.54, 1.807) is 0 Å². The molecule has 6 heteroatoms. The predicted molar refractivity (Wildman–Crippen MR) is 31.9 cm³/mol. The van der Waals surface area contributed by atoms with Crippen LogP contribution in [0.4, 0.5) is 0 Å². The third-order valence-corrected chi connectivity index (χ3v) is 0. The van der Waals surface area contributed by atoms with E-state index >= 15 is 0 Å². The molecule has 0 unspecified atom stereocenters. The van der Waals surface area contributed by atoms with Gasteiger partial charge in [0.1, 0.15) is 0 Å². The predicted octanol–water partition coefficient (Wildman–Crippen LogP) is -4.66. The van der Waals surface area contributed by atoms with E-state index in [0.29, 0.717) is 0 Å². The first-order chi connectivity index (χ1) is 0. The van der Waals surface area contributed by atoms with E-state index < -0.39 is 0 Å². The Labute approximate surface area is 143 Å². The van der Waals surface area contributed by atoms with Crippen LogP contribution in [0.1, 0.15) is 5.71 Å². The third kappa shape index (κ3) is 24.0. The molecule has 0 aromatic heterocycles. The first-order valence-corrected chi connectivity index (χ1v) is 0. The molecular formula is H7Cl3KMgNa. The quantitative estimate of drug-likeness (QED) is 0.345. The van der Waals surface area contributed by atoms with Gasteiger partial charge in [-0.05, 0) is 0 Å². The zero-order chi connectivity index (χ0) is 0. The van der Waals surface area contributed by atoms with Crippen LogP contribution in [0.2, 0.25) is 0 Å². The number of hydrogen-bond acceptors (Lipinski definition) is 0. The van der Waals surface area contributed by atoms with Crippen LogP contribution >= 0.6 is 37.2 Å². The van der Waals surface area contributed by atoms with Crippen molar-refractivity contribution in [3.05, 3.63) is 0 Å². The van der Waals surface area contributed by atoms with Crippen LogP contribution in [0.3, 0.4) is 0 Å². The van der Waals surface area contributed by atoms with Crippen molar-refractivity contribution in [3.63, 3.8) is 0 Å². The van der Waals surface area contributed by atoms with E-state index in [4.69, 9.17) is 0 Å². The van der Waals surface area contributed by atoms with Crippen molar-refractivity contribution in [2.45, 2.75) is 0 Å². The molecule has 0 aromatic carbocycles. The van der Waals surface area contributed by atoms with E-state index in [2.05, 4.69) is 0 Å². The monoisotopic (exact) mass is 198 g/mol. The number of rotatable bonds is 0. The van der Waals surface area contributed by atoms with Crippen molar-refractivity contribution >= 4 is 60.3 Å². The SMILES string of the molecule is Cl.Cl.Cl.[H-].[H-].[H-].[H-].[K+].[Mg+2].[Na+]. The van der Waals surface area contributed by atoms with Crippen LogP contribution in [0.5, 0.6) is 0 Å². The summed E-state index contributed by atoms with van der Waals surface area (Å²) in [4.78, 5) is 0. The fourth-order valence-electron chi connectivity index (χ4n) is 0. The second-order valence-electron chi connectivity index (χ2n) is 0. The summed E-state index contributed by atoms with van der Waals surface area (Å²) in [6.45, 7) is 0. The van der Waals surface area contributed by atoms with Crippen LogP contribution in [-0.2, 0) is 0 Å². The molecule has 6 heavy (non-hydrogen) atoms. The van der Waals surface area contributed by atoms with Crippen molar-refractivity contribution < 1.29 is 86.6 Å². The second-order valence-corrected chi connectivity index (χ2v) is 0. The van der Waals surface area contributed by atoms with E-state index in [9.17, 15) is 0 Å². The van der Waals surface area contributed by atoms with E-state index in [-0.39, 0.29) is 147 Å².